The van der Waals surface area contributed by atoms with Gasteiger partial charge in [0.25, 0.3) is 5.91 Å². The molecular formula is C29H23NO8. The van der Waals surface area contributed by atoms with Crippen molar-refractivity contribution in [2.24, 2.45) is 0 Å². The zero-order valence-corrected chi connectivity index (χ0v) is 20.6. The number of furan rings is 1. The van der Waals surface area contributed by atoms with Crippen LogP contribution in [0.25, 0.3) is 11.0 Å². The second-order valence-electron chi connectivity index (χ2n) is 8.88. The Morgan fingerprint density at radius 3 is 2.63 bits per heavy atom. The lowest BCUT2D eigenvalue weighted by molar-refractivity contribution is -0.130. The van der Waals surface area contributed by atoms with Crippen LogP contribution in [-0.4, -0.2) is 42.7 Å². The van der Waals surface area contributed by atoms with Gasteiger partial charge in [-0.3, -0.25) is 9.59 Å². The molecule has 2 aliphatic heterocycles. The Balaban J connectivity index is 1.43. The first-order chi connectivity index (χ1) is 18.5. The number of aliphatic hydroxyl groups is 1. The molecule has 2 aliphatic rings. The largest absolute Gasteiger partial charge is 0.503 e. The molecule has 0 radical (unpaired) electrons. The highest BCUT2D eigenvalue weighted by atomic mass is 16.7. The molecule has 1 aromatic heterocycles. The molecule has 1 N–H and O–H groups in total. The third-order valence-electron chi connectivity index (χ3n) is 6.70. The number of ketones is 1. The van der Waals surface area contributed by atoms with E-state index in [0.29, 0.717) is 39.5 Å². The van der Waals surface area contributed by atoms with Gasteiger partial charge in [-0.1, -0.05) is 30.3 Å². The summed E-state index contributed by atoms with van der Waals surface area (Å²) >= 11 is 0. The van der Waals surface area contributed by atoms with E-state index in [2.05, 4.69) is 0 Å². The maximum atomic E-state index is 13.9. The molecule has 192 valence electrons. The number of methoxy groups -OCH3 is 2. The van der Waals surface area contributed by atoms with E-state index in [0.717, 1.165) is 5.56 Å². The van der Waals surface area contributed by atoms with E-state index in [4.69, 9.17) is 23.4 Å². The van der Waals surface area contributed by atoms with E-state index in [1.54, 1.807) is 60.7 Å². The third kappa shape index (κ3) is 3.80. The van der Waals surface area contributed by atoms with Crippen LogP contribution in [0, 0.1) is 0 Å². The molecule has 0 bridgehead atoms. The van der Waals surface area contributed by atoms with E-state index in [1.165, 1.54) is 19.1 Å². The molecular weight excluding hydrogens is 490 g/mol. The number of carbonyl (C=O) groups is 2. The van der Waals surface area contributed by atoms with Crippen LogP contribution in [0.4, 0.5) is 0 Å². The van der Waals surface area contributed by atoms with Crippen molar-refractivity contribution in [3.05, 3.63) is 94.9 Å². The van der Waals surface area contributed by atoms with Gasteiger partial charge in [-0.25, -0.2) is 0 Å². The molecule has 9 heteroatoms. The number of Topliss-reactive ketones (excluding diaryl/α,β-unsaturated/α-hetero) is 1. The number of rotatable bonds is 7. The maximum Gasteiger partial charge on any atom is 0.290 e. The van der Waals surface area contributed by atoms with Gasteiger partial charge in [-0.05, 0) is 47.5 Å². The average Bonchev–Trinajstić information content (AvgIpc) is 3.65. The third-order valence-corrected chi connectivity index (χ3v) is 6.70. The second-order valence-corrected chi connectivity index (χ2v) is 8.88. The first kappa shape index (κ1) is 23.5. The molecule has 0 saturated heterocycles. The van der Waals surface area contributed by atoms with Gasteiger partial charge in [0.05, 0.1) is 25.8 Å². The highest BCUT2D eigenvalue weighted by Gasteiger charge is 2.44. The molecule has 1 unspecified atom stereocenters. The number of hydrogen-bond donors (Lipinski definition) is 1. The highest BCUT2D eigenvalue weighted by Crippen LogP contribution is 2.42. The lowest BCUT2D eigenvalue weighted by Gasteiger charge is -2.27. The smallest absolute Gasteiger partial charge is 0.290 e. The van der Waals surface area contributed by atoms with Crippen molar-refractivity contribution in [1.82, 2.24) is 4.90 Å². The molecule has 0 fully saturated rings. The average molecular weight is 514 g/mol. The van der Waals surface area contributed by atoms with E-state index in [1.807, 2.05) is 6.07 Å². The van der Waals surface area contributed by atoms with Crippen LogP contribution in [0.5, 0.6) is 23.0 Å². The van der Waals surface area contributed by atoms with Gasteiger partial charge in [0.2, 0.25) is 12.6 Å². The van der Waals surface area contributed by atoms with Crippen molar-refractivity contribution in [2.45, 2.75) is 12.6 Å². The molecule has 3 heterocycles. The molecule has 1 amide bonds. The van der Waals surface area contributed by atoms with Crippen molar-refractivity contribution in [3.8, 4) is 23.0 Å². The summed E-state index contributed by atoms with van der Waals surface area (Å²) in [7, 11) is 3.04. The number of fused-ring (bicyclic) bond motifs is 2. The Morgan fingerprint density at radius 1 is 1.00 bits per heavy atom. The normalized spacial score (nSPS) is 16.4. The lowest BCUT2D eigenvalue weighted by Crippen LogP contribution is -2.30. The number of ether oxygens (including phenoxy) is 4. The number of amides is 1. The minimum atomic E-state index is -0.898. The monoisotopic (exact) mass is 513 g/mol. The molecule has 6 rings (SSSR count). The predicted octanol–water partition coefficient (Wildman–Crippen LogP) is 4.96. The Labute approximate surface area is 217 Å². The minimum Gasteiger partial charge on any atom is -0.503 e. The predicted molar refractivity (Wildman–Crippen MR) is 136 cm³/mol. The standard InChI is InChI=1S/C29H23NO8/c1-34-19-7-3-5-17(12-19)25-24(26(31)23-13-18-6-4-8-21(35-2)28(18)38-23)27(32)29(33)30(25)14-16-9-10-20-22(11-16)37-15-36-20/h3-13,25,32H,14-15H2,1-2H3. The maximum absolute atomic E-state index is 13.9. The van der Waals surface area contributed by atoms with Gasteiger partial charge in [-0.2, -0.15) is 0 Å². The van der Waals surface area contributed by atoms with Crippen LogP contribution in [0.2, 0.25) is 0 Å². The van der Waals surface area contributed by atoms with Crippen molar-refractivity contribution < 1.29 is 38.1 Å². The topological polar surface area (TPSA) is 108 Å². The Bertz CT molecular complexity index is 1620. The van der Waals surface area contributed by atoms with Crippen LogP contribution < -0.4 is 18.9 Å². The van der Waals surface area contributed by atoms with Gasteiger partial charge in [0.15, 0.2) is 34.4 Å². The van der Waals surface area contributed by atoms with Crippen LogP contribution in [0.1, 0.15) is 27.7 Å². The van der Waals surface area contributed by atoms with Gasteiger partial charge in [0, 0.05) is 11.9 Å². The molecule has 1 atom stereocenters. The minimum absolute atomic E-state index is 0.0170. The van der Waals surface area contributed by atoms with E-state index >= 15 is 0 Å². The fourth-order valence-electron chi connectivity index (χ4n) is 4.88. The highest BCUT2D eigenvalue weighted by molar-refractivity contribution is 6.16. The van der Waals surface area contributed by atoms with E-state index in [-0.39, 0.29) is 24.7 Å². The summed E-state index contributed by atoms with van der Waals surface area (Å²) in [6.45, 7) is 0.225. The Kier molecular flexibility index (Phi) is 5.68. The molecule has 0 aliphatic carbocycles. The van der Waals surface area contributed by atoms with E-state index < -0.39 is 23.5 Å². The van der Waals surface area contributed by atoms with Crippen LogP contribution >= 0.6 is 0 Å². The lowest BCUT2D eigenvalue weighted by atomic mass is 9.94. The van der Waals surface area contributed by atoms with Gasteiger partial charge in [0.1, 0.15) is 5.75 Å². The molecule has 0 spiro atoms. The van der Waals surface area contributed by atoms with Crippen LogP contribution in [0.15, 0.2) is 82.5 Å². The fraction of sp³-hybridized carbons (Fsp3) is 0.172. The number of nitrogens with zero attached hydrogens (tertiary/aromatic N) is 1. The fourth-order valence-corrected chi connectivity index (χ4v) is 4.88. The molecule has 4 aromatic rings. The first-order valence-corrected chi connectivity index (χ1v) is 11.9. The summed E-state index contributed by atoms with van der Waals surface area (Å²) in [4.78, 5) is 28.7. The Hall–Kier alpha value is -4.92. The molecule has 3 aromatic carbocycles. The zero-order chi connectivity index (χ0) is 26.4. The number of para-hydroxylation sites is 1. The number of aliphatic hydroxyl groups excluding tert-OH is 1. The van der Waals surface area contributed by atoms with Crippen molar-refractivity contribution in [1.29, 1.82) is 0 Å². The number of carbonyl (C=O) groups excluding carboxylic acids is 2. The van der Waals surface area contributed by atoms with E-state index in [9.17, 15) is 14.7 Å². The van der Waals surface area contributed by atoms with Crippen LogP contribution in [-0.2, 0) is 11.3 Å². The summed E-state index contributed by atoms with van der Waals surface area (Å²) in [6, 6.07) is 18.4. The summed E-state index contributed by atoms with van der Waals surface area (Å²) in [6.07, 6.45) is 0. The summed E-state index contributed by atoms with van der Waals surface area (Å²) < 4.78 is 27.5. The summed E-state index contributed by atoms with van der Waals surface area (Å²) in [5.41, 5.74) is 1.66. The second kappa shape index (κ2) is 9.19. The van der Waals surface area contributed by atoms with Crippen LogP contribution in [0.3, 0.4) is 0 Å². The zero-order valence-electron chi connectivity index (χ0n) is 20.6. The van der Waals surface area contributed by atoms with Crippen molar-refractivity contribution in [3.63, 3.8) is 0 Å². The SMILES string of the molecule is COc1cccc(C2C(C(=O)c3cc4cccc(OC)c4o3)=C(O)C(=O)N2Cc2ccc3c(c2)OCO3)c1. The first-order valence-electron chi connectivity index (χ1n) is 11.9. The molecule has 0 saturated carbocycles. The van der Waals surface area contributed by atoms with Gasteiger partial charge < -0.3 is 33.4 Å². The Morgan fingerprint density at radius 2 is 1.82 bits per heavy atom. The van der Waals surface area contributed by atoms with Gasteiger partial charge in [-0.15, -0.1) is 0 Å². The molecule has 38 heavy (non-hydrogen) atoms. The van der Waals surface area contributed by atoms with Crippen molar-refractivity contribution >= 4 is 22.7 Å². The summed E-state index contributed by atoms with van der Waals surface area (Å²) in [5, 5.41) is 11.7. The van der Waals surface area contributed by atoms with Crippen molar-refractivity contribution in [2.75, 3.05) is 21.0 Å². The summed E-state index contributed by atoms with van der Waals surface area (Å²) in [5.74, 6) is 0.274. The van der Waals surface area contributed by atoms with Gasteiger partial charge >= 0.3 is 0 Å². The molecule has 9 nitrogen and oxygen atoms in total. The number of hydrogen-bond acceptors (Lipinski definition) is 8. The quantitative estimate of drug-likeness (QED) is 0.346. The number of benzene rings is 3.